The molecule has 0 aliphatic carbocycles. The van der Waals surface area contributed by atoms with Crippen molar-refractivity contribution in [3.63, 3.8) is 0 Å². The molecule has 2 heterocycles. The molecule has 0 unspecified atom stereocenters. The summed E-state index contributed by atoms with van der Waals surface area (Å²) in [4.78, 5) is 15.4. The molecule has 0 saturated carbocycles. The van der Waals surface area contributed by atoms with Gasteiger partial charge in [-0.05, 0) is 6.92 Å². The maximum absolute atomic E-state index is 11.2. The largest absolute Gasteiger partial charge is 0.334 e. The van der Waals surface area contributed by atoms with Crippen molar-refractivity contribution in [3.05, 3.63) is 33.4 Å². The first-order chi connectivity index (χ1) is 6.81. The lowest BCUT2D eigenvalue weighted by Crippen LogP contribution is -2.18. The molecule has 0 amide bonds. The molecule has 0 atom stereocenters. The van der Waals surface area contributed by atoms with E-state index >= 15 is 0 Å². The summed E-state index contributed by atoms with van der Waals surface area (Å²) < 4.78 is 3.41. The normalized spacial score (nSPS) is 10.6. The maximum Gasteiger partial charge on any atom is 0.325 e. The van der Waals surface area contributed by atoms with Crippen LogP contribution in [0.15, 0.2) is 22.7 Å². The SMILES string of the molecule is CCn1ccnc1Cn1ncsc1=O. The molecule has 5 nitrogen and oxygen atoms in total. The molecule has 74 valence electrons. The van der Waals surface area contributed by atoms with Gasteiger partial charge in [-0.2, -0.15) is 5.10 Å². The standard InChI is InChI=1S/C8H10N4OS/c1-2-11-4-3-9-7(11)5-12-8(13)14-6-10-12/h3-4,6H,2,5H2,1H3. The monoisotopic (exact) mass is 210 g/mol. The molecule has 0 bridgehead atoms. The fourth-order valence-electron chi connectivity index (χ4n) is 1.25. The topological polar surface area (TPSA) is 52.7 Å². The lowest BCUT2D eigenvalue weighted by molar-refractivity contribution is 0.595. The Bertz CT molecular complexity index is 469. The van der Waals surface area contributed by atoms with Crippen molar-refractivity contribution in [2.24, 2.45) is 0 Å². The van der Waals surface area contributed by atoms with Crippen LogP contribution in [0.1, 0.15) is 12.7 Å². The molecule has 0 radical (unpaired) electrons. The minimum absolute atomic E-state index is 0.0457. The summed E-state index contributed by atoms with van der Waals surface area (Å²) in [6, 6.07) is 0. The van der Waals surface area contributed by atoms with Gasteiger partial charge in [0.2, 0.25) is 0 Å². The van der Waals surface area contributed by atoms with E-state index in [1.165, 1.54) is 4.68 Å². The van der Waals surface area contributed by atoms with Gasteiger partial charge in [-0.25, -0.2) is 9.67 Å². The van der Waals surface area contributed by atoms with Gasteiger partial charge in [-0.1, -0.05) is 11.3 Å². The number of rotatable bonds is 3. The van der Waals surface area contributed by atoms with Crippen molar-refractivity contribution in [2.45, 2.75) is 20.0 Å². The lowest BCUT2D eigenvalue weighted by Gasteiger charge is -2.02. The van der Waals surface area contributed by atoms with Crippen LogP contribution in [0.3, 0.4) is 0 Å². The molecule has 6 heteroatoms. The van der Waals surface area contributed by atoms with Crippen LogP contribution >= 0.6 is 11.3 Å². The van der Waals surface area contributed by atoms with E-state index in [1.807, 2.05) is 17.7 Å². The third-order valence-corrected chi connectivity index (χ3v) is 2.60. The number of aryl methyl sites for hydroxylation is 1. The van der Waals surface area contributed by atoms with E-state index in [-0.39, 0.29) is 4.87 Å². The van der Waals surface area contributed by atoms with E-state index < -0.39 is 0 Å². The van der Waals surface area contributed by atoms with Crippen molar-refractivity contribution in [2.75, 3.05) is 0 Å². The van der Waals surface area contributed by atoms with Crippen LogP contribution in [0.4, 0.5) is 0 Å². The quantitative estimate of drug-likeness (QED) is 0.744. The second kappa shape index (κ2) is 3.75. The molecule has 0 aliphatic heterocycles. The van der Waals surface area contributed by atoms with E-state index in [2.05, 4.69) is 10.1 Å². The fourth-order valence-corrected chi connectivity index (χ4v) is 1.74. The minimum atomic E-state index is -0.0457. The molecule has 0 aliphatic rings. The Morgan fingerprint density at radius 2 is 2.43 bits per heavy atom. The Balaban J connectivity index is 2.27. The summed E-state index contributed by atoms with van der Waals surface area (Å²) in [5, 5.41) is 3.94. The molecular weight excluding hydrogens is 200 g/mol. The molecule has 0 saturated heterocycles. The van der Waals surface area contributed by atoms with E-state index in [0.717, 1.165) is 23.7 Å². The Morgan fingerprint density at radius 3 is 3.07 bits per heavy atom. The zero-order chi connectivity index (χ0) is 9.97. The Morgan fingerprint density at radius 1 is 1.57 bits per heavy atom. The molecule has 0 N–H and O–H groups in total. The maximum atomic E-state index is 11.2. The smallest absolute Gasteiger partial charge is 0.325 e. The van der Waals surface area contributed by atoms with Crippen molar-refractivity contribution in [1.82, 2.24) is 19.3 Å². The summed E-state index contributed by atoms with van der Waals surface area (Å²) in [5.41, 5.74) is 1.54. The molecule has 0 aromatic carbocycles. The molecule has 2 rings (SSSR count). The lowest BCUT2D eigenvalue weighted by atomic mass is 10.5. The van der Waals surface area contributed by atoms with Gasteiger partial charge in [0.05, 0.1) is 0 Å². The van der Waals surface area contributed by atoms with Crippen LogP contribution in [0, 0.1) is 0 Å². The van der Waals surface area contributed by atoms with Gasteiger partial charge in [-0.15, -0.1) is 0 Å². The number of hydrogen-bond donors (Lipinski definition) is 0. The highest BCUT2D eigenvalue weighted by Crippen LogP contribution is 1.98. The van der Waals surface area contributed by atoms with E-state index in [9.17, 15) is 4.79 Å². The van der Waals surface area contributed by atoms with Crippen molar-refractivity contribution in [3.8, 4) is 0 Å². The zero-order valence-corrected chi connectivity index (χ0v) is 8.57. The highest BCUT2D eigenvalue weighted by atomic mass is 32.1. The average molecular weight is 210 g/mol. The summed E-state index contributed by atoms with van der Waals surface area (Å²) in [7, 11) is 0. The number of imidazole rings is 1. The van der Waals surface area contributed by atoms with Gasteiger partial charge >= 0.3 is 4.87 Å². The predicted octanol–water partition coefficient (Wildman–Crippen LogP) is 0.569. The predicted molar refractivity (Wildman–Crippen MR) is 53.4 cm³/mol. The molecule has 14 heavy (non-hydrogen) atoms. The Kier molecular flexibility index (Phi) is 2.45. The van der Waals surface area contributed by atoms with Gasteiger partial charge in [0.1, 0.15) is 17.9 Å². The highest BCUT2D eigenvalue weighted by Gasteiger charge is 2.04. The minimum Gasteiger partial charge on any atom is -0.334 e. The number of hydrogen-bond acceptors (Lipinski definition) is 4. The van der Waals surface area contributed by atoms with Crippen LogP contribution in [0.5, 0.6) is 0 Å². The summed E-state index contributed by atoms with van der Waals surface area (Å²) in [5.74, 6) is 0.862. The summed E-state index contributed by atoms with van der Waals surface area (Å²) in [6.45, 7) is 3.34. The number of nitrogens with zero attached hydrogens (tertiary/aromatic N) is 4. The first-order valence-electron chi connectivity index (χ1n) is 4.32. The van der Waals surface area contributed by atoms with E-state index in [1.54, 1.807) is 11.7 Å². The Hall–Kier alpha value is -1.43. The van der Waals surface area contributed by atoms with Gasteiger partial charge in [-0.3, -0.25) is 4.79 Å². The Labute approximate surface area is 84.6 Å². The van der Waals surface area contributed by atoms with E-state index in [4.69, 9.17) is 0 Å². The van der Waals surface area contributed by atoms with Crippen LogP contribution in [-0.2, 0) is 13.1 Å². The van der Waals surface area contributed by atoms with Crippen LogP contribution < -0.4 is 4.87 Å². The average Bonchev–Trinajstić information content (AvgIpc) is 2.77. The molecular formula is C8H10N4OS. The fraction of sp³-hybridized carbons (Fsp3) is 0.375. The van der Waals surface area contributed by atoms with E-state index in [0.29, 0.717) is 6.54 Å². The van der Waals surface area contributed by atoms with Gasteiger partial charge in [0.15, 0.2) is 0 Å². The molecule has 2 aromatic heterocycles. The van der Waals surface area contributed by atoms with Gasteiger partial charge in [0.25, 0.3) is 0 Å². The van der Waals surface area contributed by atoms with Crippen LogP contribution in [0.2, 0.25) is 0 Å². The second-order valence-electron chi connectivity index (χ2n) is 2.79. The first-order valence-corrected chi connectivity index (χ1v) is 5.20. The second-order valence-corrected chi connectivity index (χ2v) is 3.59. The summed E-state index contributed by atoms with van der Waals surface area (Å²) in [6.07, 6.45) is 3.63. The van der Waals surface area contributed by atoms with Crippen molar-refractivity contribution < 1.29 is 0 Å². The zero-order valence-electron chi connectivity index (χ0n) is 7.75. The third kappa shape index (κ3) is 1.60. The third-order valence-electron chi connectivity index (χ3n) is 1.98. The van der Waals surface area contributed by atoms with Gasteiger partial charge < -0.3 is 4.57 Å². The highest BCUT2D eigenvalue weighted by molar-refractivity contribution is 7.06. The van der Waals surface area contributed by atoms with Crippen molar-refractivity contribution >= 4 is 11.3 Å². The molecule has 0 fully saturated rings. The van der Waals surface area contributed by atoms with Gasteiger partial charge in [0, 0.05) is 18.9 Å². The van der Waals surface area contributed by atoms with Crippen LogP contribution in [0.25, 0.3) is 0 Å². The van der Waals surface area contributed by atoms with Crippen LogP contribution in [-0.4, -0.2) is 19.3 Å². The summed E-state index contributed by atoms with van der Waals surface area (Å²) >= 11 is 1.10. The molecule has 0 spiro atoms. The number of aromatic nitrogens is 4. The first kappa shape index (κ1) is 9.14. The molecule has 2 aromatic rings. The van der Waals surface area contributed by atoms with Crippen molar-refractivity contribution in [1.29, 1.82) is 0 Å².